The number of halogens is 2. The normalized spacial score (nSPS) is 19.5. The van der Waals surface area contributed by atoms with Gasteiger partial charge in [-0.05, 0) is 44.7 Å². The van der Waals surface area contributed by atoms with E-state index in [0.29, 0.717) is 25.1 Å². The van der Waals surface area contributed by atoms with Gasteiger partial charge in [-0.1, -0.05) is 6.07 Å². The molecule has 1 aromatic heterocycles. The second-order valence-corrected chi connectivity index (χ2v) is 8.06. The van der Waals surface area contributed by atoms with Crippen molar-refractivity contribution in [1.29, 1.82) is 0 Å². The van der Waals surface area contributed by atoms with Crippen LogP contribution in [0.1, 0.15) is 40.8 Å². The fourth-order valence-corrected chi connectivity index (χ4v) is 4.21. The van der Waals surface area contributed by atoms with Crippen LogP contribution >= 0.6 is 11.3 Å². The lowest BCUT2D eigenvalue weighted by molar-refractivity contribution is -0.158. The van der Waals surface area contributed by atoms with Crippen molar-refractivity contribution in [1.82, 2.24) is 9.88 Å². The van der Waals surface area contributed by atoms with E-state index in [2.05, 4.69) is 4.98 Å². The van der Waals surface area contributed by atoms with Crippen molar-refractivity contribution < 1.29 is 23.1 Å². The van der Waals surface area contributed by atoms with E-state index in [4.69, 9.17) is 4.74 Å². The Morgan fingerprint density at radius 2 is 2.14 bits per heavy atom. The summed E-state index contributed by atoms with van der Waals surface area (Å²) in [5.41, 5.74) is -0.503. The maximum atomic E-state index is 14.3. The lowest BCUT2D eigenvalue weighted by Crippen LogP contribution is -2.51. The summed E-state index contributed by atoms with van der Waals surface area (Å²) in [5, 5.41) is 2.48. The van der Waals surface area contributed by atoms with E-state index in [1.165, 1.54) is 23.5 Å². The third kappa shape index (κ3) is 4.22. The molecule has 0 radical (unpaired) electrons. The molecule has 1 fully saturated rings. The van der Waals surface area contributed by atoms with Crippen LogP contribution in [0.15, 0.2) is 23.6 Å². The SMILES string of the molecule is CCOC(=O)C1(Cc2ccc(F)cc2F)CCCN(C(=O)c2csc(C)n2)C1. The largest absolute Gasteiger partial charge is 0.466 e. The minimum absolute atomic E-state index is 0.0395. The minimum atomic E-state index is -1.08. The zero-order valence-electron chi connectivity index (χ0n) is 15.8. The third-order valence-corrected chi connectivity index (χ3v) is 5.73. The molecule has 0 N–H and O–H groups in total. The van der Waals surface area contributed by atoms with Gasteiger partial charge in [0.2, 0.25) is 0 Å². The molecule has 150 valence electrons. The Balaban J connectivity index is 1.90. The monoisotopic (exact) mass is 408 g/mol. The molecule has 0 aliphatic carbocycles. The lowest BCUT2D eigenvalue weighted by atomic mass is 9.75. The Morgan fingerprint density at radius 1 is 1.36 bits per heavy atom. The maximum Gasteiger partial charge on any atom is 0.314 e. The average molecular weight is 408 g/mol. The molecule has 3 rings (SSSR count). The van der Waals surface area contributed by atoms with E-state index in [0.717, 1.165) is 11.1 Å². The van der Waals surface area contributed by atoms with Crippen molar-refractivity contribution >= 4 is 23.2 Å². The smallest absolute Gasteiger partial charge is 0.314 e. The van der Waals surface area contributed by atoms with Gasteiger partial charge in [0.1, 0.15) is 17.3 Å². The van der Waals surface area contributed by atoms with Crippen molar-refractivity contribution in [2.24, 2.45) is 5.41 Å². The van der Waals surface area contributed by atoms with Crippen LogP contribution in [-0.4, -0.2) is 41.5 Å². The molecule has 1 aromatic carbocycles. The van der Waals surface area contributed by atoms with Crippen LogP contribution in [0.2, 0.25) is 0 Å². The van der Waals surface area contributed by atoms with E-state index in [9.17, 15) is 18.4 Å². The summed E-state index contributed by atoms with van der Waals surface area (Å²) < 4.78 is 32.8. The molecule has 1 saturated heterocycles. The van der Waals surface area contributed by atoms with Crippen LogP contribution in [0.3, 0.4) is 0 Å². The first-order chi connectivity index (χ1) is 13.3. The molecule has 2 heterocycles. The number of aromatic nitrogens is 1. The molecule has 1 unspecified atom stereocenters. The van der Waals surface area contributed by atoms with E-state index in [-0.39, 0.29) is 31.0 Å². The molecule has 0 saturated carbocycles. The second kappa shape index (κ2) is 8.34. The highest BCUT2D eigenvalue weighted by atomic mass is 32.1. The molecule has 1 aliphatic rings. The highest BCUT2D eigenvalue weighted by molar-refractivity contribution is 7.09. The highest BCUT2D eigenvalue weighted by Gasteiger charge is 2.45. The van der Waals surface area contributed by atoms with Gasteiger partial charge in [-0.15, -0.1) is 11.3 Å². The summed E-state index contributed by atoms with van der Waals surface area (Å²) in [4.78, 5) is 31.5. The molecular formula is C20H22F2N2O3S. The van der Waals surface area contributed by atoms with Gasteiger partial charge in [-0.2, -0.15) is 0 Å². The second-order valence-electron chi connectivity index (χ2n) is 7.00. The number of likely N-dealkylation sites (tertiary alicyclic amines) is 1. The molecule has 2 aromatic rings. The summed E-state index contributed by atoms with van der Waals surface area (Å²) in [6.45, 7) is 4.30. The molecule has 1 aliphatic heterocycles. The first kappa shape index (κ1) is 20.4. The van der Waals surface area contributed by atoms with Crippen molar-refractivity contribution in [3.05, 3.63) is 51.5 Å². The number of aryl methyl sites for hydroxylation is 1. The van der Waals surface area contributed by atoms with Gasteiger partial charge in [-0.3, -0.25) is 9.59 Å². The summed E-state index contributed by atoms with van der Waals surface area (Å²) in [7, 11) is 0. The van der Waals surface area contributed by atoms with Crippen molar-refractivity contribution in [2.75, 3.05) is 19.7 Å². The number of rotatable bonds is 5. The first-order valence-corrected chi connectivity index (χ1v) is 10.0. The van der Waals surface area contributed by atoms with E-state index >= 15 is 0 Å². The summed E-state index contributed by atoms with van der Waals surface area (Å²) in [6, 6.07) is 3.31. The molecule has 8 heteroatoms. The number of hydrogen-bond acceptors (Lipinski definition) is 5. The number of carbonyl (C=O) groups excluding carboxylic acids is 2. The van der Waals surface area contributed by atoms with Gasteiger partial charge in [0.25, 0.3) is 5.91 Å². The number of nitrogens with zero attached hydrogens (tertiary/aromatic N) is 2. The maximum absolute atomic E-state index is 14.3. The minimum Gasteiger partial charge on any atom is -0.466 e. The Kier molecular flexibility index (Phi) is 6.07. The summed E-state index contributed by atoms with van der Waals surface area (Å²) in [5.74, 6) is -2.10. The van der Waals surface area contributed by atoms with Crippen molar-refractivity contribution in [3.63, 3.8) is 0 Å². The van der Waals surface area contributed by atoms with Crippen LogP contribution in [0.25, 0.3) is 0 Å². The number of benzene rings is 1. The molecule has 5 nitrogen and oxygen atoms in total. The quantitative estimate of drug-likeness (QED) is 0.707. The number of thiazole rings is 1. The molecular weight excluding hydrogens is 386 g/mol. The first-order valence-electron chi connectivity index (χ1n) is 9.17. The molecule has 0 bridgehead atoms. The highest BCUT2D eigenvalue weighted by Crippen LogP contribution is 2.36. The molecule has 1 atom stereocenters. The van der Waals surface area contributed by atoms with Gasteiger partial charge in [0, 0.05) is 24.5 Å². The van der Waals surface area contributed by atoms with Crippen molar-refractivity contribution in [2.45, 2.75) is 33.1 Å². The third-order valence-electron chi connectivity index (χ3n) is 4.95. The Labute approximate surface area is 166 Å². The number of esters is 1. The van der Waals surface area contributed by atoms with Crippen LogP contribution in [0.4, 0.5) is 8.78 Å². The standard InChI is InChI=1S/C20H22F2N2O3S/c1-3-27-19(26)20(10-14-5-6-15(21)9-16(14)22)7-4-8-24(12-20)18(25)17-11-28-13(2)23-17/h5-6,9,11H,3-4,7-8,10,12H2,1-2H3. The Morgan fingerprint density at radius 3 is 2.79 bits per heavy atom. The van der Waals surface area contributed by atoms with Crippen LogP contribution in [-0.2, 0) is 16.0 Å². The van der Waals surface area contributed by atoms with Crippen molar-refractivity contribution in [3.8, 4) is 0 Å². The molecule has 28 heavy (non-hydrogen) atoms. The van der Waals surface area contributed by atoms with E-state index in [1.54, 1.807) is 17.2 Å². The topological polar surface area (TPSA) is 59.5 Å². The van der Waals surface area contributed by atoms with Gasteiger partial charge in [-0.25, -0.2) is 13.8 Å². The number of piperidine rings is 1. The fourth-order valence-electron chi connectivity index (χ4n) is 3.63. The lowest BCUT2D eigenvalue weighted by Gasteiger charge is -2.41. The number of carbonyl (C=O) groups is 2. The zero-order valence-corrected chi connectivity index (χ0v) is 16.7. The Hall–Kier alpha value is -2.35. The summed E-state index contributed by atoms with van der Waals surface area (Å²) >= 11 is 1.38. The number of hydrogen-bond donors (Lipinski definition) is 0. The van der Waals surface area contributed by atoms with Crippen LogP contribution < -0.4 is 0 Å². The Bertz CT molecular complexity index is 886. The average Bonchev–Trinajstić information content (AvgIpc) is 3.10. The van der Waals surface area contributed by atoms with Gasteiger partial charge < -0.3 is 9.64 Å². The van der Waals surface area contributed by atoms with E-state index < -0.39 is 23.0 Å². The number of amides is 1. The molecule has 0 spiro atoms. The number of ether oxygens (including phenoxy) is 1. The predicted molar refractivity (Wildman–Crippen MR) is 101 cm³/mol. The van der Waals surface area contributed by atoms with Gasteiger partial charge >= 0.3 is 5.97 Å². The molecule has 1 amide bonds. The fraction of sp³-hybridized carbons (Fsp3) is 0.450. The van der Waals surface area contributed by atoms with E-state index in [1.807, 2.05) is 6.92 Å². The zero-order chi connectivity index (χ0) is 20.3. The van der Waals surface area contributed by atoms with Gasteiger partial charge in [0.15, 0.2) is 0 Å². The predicted octanol–water partition coefficient (Wildman–Crippen LogP) is 3.76. The van der Waals surface area contributed by atoms with Crippen LogP contribution in [0, 0.1) is 24.0 Å². The van der Waals surface area contributed by atoms with Crippen LogP contribution in [0.5, 0.6) is 0 Å². The summed E-state index contributed by atoms with van der Waals surface area (Å²) in [6.07, 6.45) is 1.08. The van der Waals surface area contributed by atoms with Gasteiger partial charge in [0.05, 0.1) is 17.0 Å².